The molecule has 0 saturated carbocycles. The summed E-state index contributed by atoms with van der Waals surface area (Å²) in [6, 6.07) is 16.0. The molecule has 28 heavy (non-hydrogen) atoms. The van der Waals surface area contributed by atoms with E-state index in [-0.39, 0.29) is 0 Å². The Kier molecular flexibility index (Phi) is 5.39. The van der Waals surface area contributed by atoms with Crippen LogP contribution in [0.4, 0.5) is 11.5 Å². The van der Waals surface area contributed by atoms with Crippen molar-refractivity contribution in [1.29, 1.82) is 0 Å². The van der Waals surface area contributed by atoms with Crippen LogP contribution in [-0.4, -0.2) is 23.2 Å². The fourth-order valence-corrected chi connectivity index (χ4v) is 3.93. The van der Waals surface area contributed by atoms with Crippen molar-refractivity contribution in [3.8, 4) is 22.6 Å². The molecule has 4 rings (SSSR count). The molecule has 0 unspecified atom stereocenters. The highest BCUT2D eigenvalue weighted by Gasteiger charge is 2.13. The van der Waals surface area contributed by atoms with Crippen LogP contribution in [0.25, 0.3) is 21.3 Å². The van der Waals surface area contributed by atoms with Crippen LogP contribution in [0.1, 0.15) is 13.8 Å². The van der Waals surface area contributed by atoms with Crippen molar-refractivity contribution in [2.45, 2.75) is 13.8 Å². The molecule has 6 heteroatoms. The van der Waals surface area contributed by atoms with Gasteiger partial charge in [-0.2, -0.15) is 0 Å². The summed E-state index contributed by atoms with van der Waals surface area (Å²) >= 11 is 1.61. The lowest BCUT2D eigenvalue weighted by Gasteiger charge is -2.10. The van der Waals surface area contributed by atoms with Crippen molar-refractivity contribution in [3.05, 3.63) is 60.2 Å². The van der Waals surface area contributed by atoms with E-state index in [0.29, 0.717) is 13.2 Å². The standard InChI is InChI=1S/C22H21N3O2S/c1-3-26-17-9-5-15(6-10-17)19-13-28-22-20(19)21(23-14-24-22)25-16-7-11-18(12-8-16)27-4-2/h5-14H,3-4H2,1-2H3,(H,23,24,25). The van der Waals surface area contributed by atoms with E-state index in [1.807, 2.05) is 50.2 Å². The zero-order chi connectivity index (χ0) is 19.3. The lowest BCUT2D eigenvalue weighted by Crippen LogP contribution is -1.96. The minimum Gasteiger partial charge on any atom is -0.494 e. The van der Waals surface area contributed by atoms with Gasteiger partial charge in [-0.05, 0) is 55.8 Å². The van der Waals surface area contributed by atoms with E-state index in [9.17, 15) is 0 Å². The predicted octanol–water partition coefficient (Wildman–Crippen LogP) is 5.90. The van der Waals surface area contributed by atoms with Crippen molar-refractivity contribution in [2.75, 3.05) is 18.5 Å². The Labute approximate surface area is 168 Å². The van der Waals surface area contributed by atoms with Gasteiger partial charge in [0.2, 0.25) is 0 Å². The van der Waals surface area contributed by atoms with E-state index in [1.165, 1.54) is 0 Å². The molecule has 0 aliphatic heterocycles. The number of rotatable bonds is 7. The van der Waals surface area contributed by atoms with E-state index < -0.39 is 0 Å². The molecule has 2 aromatic carbocycles. The maximum absolute atomic E-state index is 5.55. The highest BCUT2D eigenvalue weighted by Crippen LogP contribution is 2.38. The van der Waals surface area contributed by atoms with E-state index in [0.717, 1.165) is 44.3 Å². The van der Waals surface area contributed by atoms with Crippen LogP contribution >= 0.6 is 11.3 Å². The maximum atomic E-state index is 5.55. The highest BCUT2D eigenvalue weighted by molar-refractivity contribution is 7.17. The summed E-state index contributed by atoms with van der Waals surface area (Å²) in [7, 11) is 0. The Morgan fingerprint density at radius 2 is 1.50 bits per heavy atom. The molecular weight excluding hydrogens is 370 g/mol. The number of hydrogen-bond donors (Lipinski definition) is 1. The van der Waals surface area contributed by atoms with Gasteiger partial charge in [0, 0.05) is 16.6 Å². The zero-order valence-electron chi connectivity index (χ0n) is 15.8. The Morgan fingerprint density at radius 3 is 2.14 bits per heavy atom. The summed E-state index contributed by atoms with van der Waals surface area (Å²) in [5.41, 5.74) is 3.17. The van der Waals surface area contributed by atoms with E-state index in [4.69, 9.17) is 9.47 Å². The molecule has 2 aromatic heterocycles. The monoisotopic (exact) mass is 391 g/mol. The van der Waals surface area contributed by atoms with Gasteiger partial charge in [0.15, 0.2) is 0 Å². The Morgan fingerprint density at radius 1 is 0.857 bits per heavy atom. The second-order valence-electron chi connectivity index (χ2n) is 6.09. The second kappa shape index (κ2) is 8.27. The lowest BCUT2D eigenvalue weighted by molar-refractivity contribution is 0.340. The molecule has 0 bridgehead atoms. The molecule has 0 amide bonds. The van der Waals surface area contributed by atoms with Gasteiger partial charge in [0.25, 0.3) is 0 Å². The SMILES string of the molecule is CCOc1ccc(Nc2ncnc3scc(-c4ccc(OCC)cc4)c23)cc1. The van der Waals surface area contributed by atoms with E-state index >= 15 is 0 Å². The number of hydrogen-bond acceptors (Lipinski definition) is 6. The first-order valence-corrected chi connectivity index (χ1v) is 10.1. The fraction of sp³-hybridized carbons (Fsp3) is 0.182. The topological polar surface area (TPSA) is 56.3 Å². The van der Waals surface area contributed by atoms with E-state index in [1.54, 1.807) is 17.7 Å². The lowest BCUT2D eigenvalue weighted by atomic mass is 10.1. The molecule has 2 heterocycles. The van der Waals surface area contributed by atoms with Crippen molar-refractivity contribution < 1.29 is 9.47 Å². The molecule has 5 nitrogen and oxygen atoms in total. The summed E-state index contributed by atoms with van der Waals surface area (Å²) in [4.78, 5) is 9.88. The third kappa shape index (κ3) is 3.77. The van der Waals surface area contributed by atoms with Gasteiger partial charge in [-0.15, -0.1) is 11.3 Å². The van der Waals surface area contributed by atoms with E-state index in [2.05, 4.69) is 32.8 Å². The van der Waals surface area contributed by atoms with Crippen LogP contribution in [0.2, 0.25) is 0 Å². The smallest absolute Gasteiger partial charge is 0.143 e. The minimum absolute atomic E-state index is 0.652. The van der Waals surface area contributed by atoms with Gasteiger partial charge >= 0.3 is 0 Å². The van der Waals surface area contributed by atoms with Crippen molar-refractivity contribution in [2.24, 2.45) is 0 Å². The zero-order valence-corrected chi connectivity index (χ0v) is 16.6. The first-order valence-electron chi connectivity index (χ1n) is 9.23. The minimum atomic E-state index is 0.652. The number of anilines is 2. The van der Waals surface area contributed by atoms with Gasteiger partial charge in [0.1, 0.15) is 28.5 Å². The molecule has 0 saturated heterocycles. The van der Waals surface area contributed by atoms with Crippen LogP contribution < -0.4 is 14.8 Å². The second-order valence-corrected chi connectivity index (χ2v) is 6.95. The largest absolute Gasteiger partial charge is 0.494 e. The number of benzene rings is 2. The van der Waals surface area contributed by atoms with Crippen molar-refractivity contribution in [1.82, 2.24) is 9.97 Å². The first kappa shape index (κ1) is 18.3. The summed E-state index contributed by atoms with van der Waals surface area (Å²) in [6.45, 7) is 5.27. The summed E-state index contributed by atoms with van der Waals surface area (Å²) in [5.74, 6) is 2.51. The first-order chi connectivity index (χ1) is 13.8. The molecule has 0 aliphatic carbocycles. The summed E-state index contributed by atoms with van der Waals surface area (Å²) in [5, 5.41) is 6.56. The number of nitrogens with zero attached hydrogens (tertiary/aromatic N) is 2. The Balaban J connectivity index is 1.68. The molecule has 0 aliphatic rings. The summed E-state index contributed by atoms with van der Waals surface area (Å²) in [6.07, 6.45) is 1.59. The van der Waals surface area contributed by atoms with Gasteiger partial charge in [-0.1, -0.05) is 12.1 Å². The number of thiophene rings is 1. The summed E-state index contributed by atoms with van der Waals surface area (Å²) < 4.78 is 11.1. The van der Waals surface area contributed by atoms with Crippen molar-refractivity contribution in [3.63, 3.8) is 0 Å². The number of fused-ring (bicyclic) bond motifs is 1. The molecule has 0 spiro atoms. The molecule has 0 atom stereocenters. The quantitative estimate of drug-likeness (QED) is 0.425. The molecule has 4 aromatic rings. The molecule has 0 fully saturated rings. The van der Waals surface area contributed by atoms with Gasteiger partial charge in [-0.3, -0.25) is 0 Å². The highest BCUT2D eigenvalue weighted by atomic mass is 32.1. The fourth-order valence-electron chi connectivity index (χ4n) is 3.02. The van der Waals surface area contributed by atoms with Crippen LogP contribution in [0, 0.1) is 0 Å². The number of aromatic nitrogens is 2. The number of nitrogens with one attached hydrogen (secondary N) is 1. The van der Waals surface area contributed by atoms with Crippen LogP contribution in [0.3, 0.4) is 0 Å². The number of ether oxygens (including phenoxy) is 2. The average molecular weight is 391 g/mol. The molecule has 0 radical (unpaired) electrons. The molecular formula is C22H21N3O2S. The third-order valence-corrected chi connectivity index (χ3v) is 5.16. The van der Waals surface area contributed by atoms with Crippen LogP contribution in [-0.2, 0) is 0 Å². The van der Waals surface area contributed by atoms with Gasteiger partial charge < -0.3 is 14.8 Å². The van der Waals surface area contributed by atoms with Crippen molar-refractivity contribution >= 4 is 33.1 Å². The molecule has 1 N–H and O–H groups in total. The normalized spacial score (nSPS) is 10.8. The Bertz CT molecular complexity index is 1060. The van der Waals surface area contributed by atoms with Crippen LogP contribution in [0.5, 0.6) is 11.5 Å². The average Bonchev–Trinajstić information content (AvgIpc) is 3.16. The molecule has 142 valence electrons. The van der Waals surface area contributed by atoms with Crippen LogP contribution in [0.15, 0.2) is 60.2 Å². The maximum Gasteiger partial charge on any atom is 0.143 e. The Hall–Kier alpha value is -3.12. The van der Waals surface area contributed by atoms with Gasteiger partial charge in [0.05, 0.1) is 18.6 Å². The third-order valence-electron chi connectivity index (χ3n) is 4.27. The van der Waals surface area contributed by atoms with Gasteiger partial charge in [-0.25, -0.2) is 9.97 Å². The predicted molar refractivity (Wildman–Crippen MR) is 115 cm³/mol.